The first kappa shape index (κ1) is 21.3. The Morgan fingerprint density at radius 3 is 2.67 bits per heavy atom. The highest BCUT2D eigenvalue weighted by Gasteiger charge is 2.33. The van der Waals surface area contributed by atoms with Crippen molar-refractivity contribution in [3.63, 3.8) is 0 Å². The largest absolute Gasteiger partial charge is 0.355 e. The van der Waals surface area contributed by atoms with Crippen LogP contribution in [0.3, 0.4) is 0 Å². The summed E-state index contributed by atoms with van der Waals surface area (Å²) in [6.07, 6.45) is 0.835. The number of amides is 2. The average Bonchev–Trinajstić information content (AvgIpc) is 3.22. The quantitative estimate of drug-likeness (QED) is 0.654. The molecule has 1 aromatic rings. The van der Waals surface area contributed by atoms with Crippen LogP contribution in [0, 0.1) is 6.92 Å². The maximum atomic E-state index is 12.8. The molecule has 1 atom stereocenters. The Hall–Kier alpha value is -0.440. The molecule has 0 radical (unpaired) electrons. The predicted molar refractivity (Wildman–Crippen MR) is 121 cm³/mol. The van der Waals surface area contributed by atoms with E-state index in [9.17, 15) is 9.59 Å². The van der Waals surface area contributed by atoms with Crippen LogP contribution < -0.4 is 5.32 Å². The average molecular weight is 443 g/mol. The third kappa shape index (κ3) is 6.54. The Morgan fingerprint density at radius 1 is 1.19 bits per heavy atom. The molecule has 0 bridgehead atoms. The van der Waals surface area contributed by atoms with Gasteiger partial charge in [-0.05, 0) is 25.5 Å². The lowest BCUT2D eigenvalue weighted by Gasteiger charge is -2.36. The summed E-state index contributed by atoms with van der Waals surface area (Å²) in [4.78, 5) is 28.1. The molecule has 0 saturated carbocycles. The van der Waals surface area contributed by atoms with Gasteiger partial charge in [0, 0.05) is 47.0 Å². The van der Waals surface area contributed by atoms with Crippen molar-refractivity contribution in [1.82, 2.24) is 10.2 Å². The third-order valence-electron chi connectivity index (χ3n) is 4.52. The molecule has 4 nitrogen and oxygen atoms in total. The van der Waals surface area contributed by atoms with Crippen molar-refractivity contribution >= 4 is 58.9 Å². The van der Waals surface area contributed by atoms with Crippen LogP contribution in [-0.4, -0.2) is 69.2 Å². The molecule has 2 heterocycles. The molecule has 8 heteroatoms. The molecule has 0 aromatic heterocycles. The predicted octanol–water partition coefficient (Wildman–Crippen LogP) is 3.34. The fraction of sp³-hybridized carbons (Fsp3) is 0.579. The minimum atomic E-state index is 0.0591. The topological polar surface area (TPSA) is 49.4 Å². The minimum absolute atomic E-state index is 0.0591. The van der Waals surface area contributed by atoms with E-state index in [0.29, 0.717) is 12.3 Å². The molecule has 2 amide bonds. The maximum absolute atomic E-state index is 12.8. The second kappa shape index (κ2) is 10.9. The Labute approximate surface area is 178 Å². The summed E-state index contributed by atoms with van der Waals surface area (Å²) in [5.74, 6) is 4.91. The number of benzene rings is 1. The van der Waals surface area contributed by atoms with Gasteiger partial charge in [-0.2, -0.15) is 11.8 Å². The van der Waals surface area contributed by atoms with Gasteiger partial charge < -0.3 is 10.2 Å². The highest BCUT2D eigenvalue weighted by atomic mass is 32.2. The Bertz CT molecular complexity index is 635. The van der Waals surface area contributed by atoms with Gasteiger partial charge in [0.25, 0.3) is 0 Å². The highest BCUT2D eigenvalue weighted by Crippen LogP contribution is 2.34. The second-order valence-electron chi connectivity index (χ2n) is 6.57. The van der Waals surface area contributed by atoms with Gasteiger partial charge in [0.15, 0.2) is 0 Å². The SMILES string of the molecule is Cc1ccc(SCC(=O)NCCC2CSCCN2C(=O)C2SCCS2)cc1. The van der Waals surface area contributed by atoms with Gasteiger partial charge >= 0.3 is 0 Å². The zero-order chi connectivity index (χ0) is 19.1. The lowest BCUT2D eigenvalue weighted by molar-refractivity contribution is -0.130. The van der Waals surface area contributed by atoms with Crippen molar-refractivity contribution in [2.75, 3.05) is 41.9 Å². The van der Waals surface area contributed by atoms with E-state index in [2.05, 4.69) is 41.4 Å². The van der Waals surface area contributed by atoms with Crippen molar-refractivity contribution in [1.29, 1.82) is 0 Å². The van der Waals surface area contributed by atoms with Crippen LogP contribution in [0.2, 0.25) is 0 Å². The summed E-state index contributed by atoms with van der Waals surface area (Å²) in [7, 11) is 0. The van der Waals surface area contributed by atoms with Crippen LogP contribution in [0.4, 0.5) is 0 Å². The van der Waals surface area contributed by atoms with Gasteiger partial charge in [-0.3, -0.25) is 9.59 Å². The first-order valence-corrected chi connectivity index (χ1v) is 13.4. The number of rotatable bonds is 7. The summed E-state index contributed by atoms with van der Waals surface area (Å²) in [5, 5.41) is 3.02. The fourth-order valence-corrected chi connectivity index (χ4v) is 7.59. The Kier molecular flexibility index (Phi) is 8.61. The van der Waals surface area contributed by atoms with Crippen LogP contribution >= 0.6 is 47.0 Å². The van der Waals surface area contributed by atoms with E-state index in [4.69, 9.17) is 0 Å². The Morgan fingerprint density at radius 2 is 1.93 bits per heavy atom. The van der Waals surface area contributed by atoms with E-state index in [0.717, 1.165) is 40.9 Å². The maximum Gasteiger partial charge on any atom is 0.246 e. The molecule has 3 rings (SSSR count). The number of nitrogens with zero attached hydrogens (tertiary/aromatic N) is 1. The number of aryl methyl sites for hydroxylation is 1. The van der Waals surface area contributed by atoms with Crippen molar-refractivity contribution in [2.24, 2.45) is 0 Å². The van der Waals surface area contributed by atoms with Crippen LogP contribution in [0.15, 0.2) is 29.2 Å². The molecule has 2 fully saturated rings. The number of carbonyl (C=O) groups is 2. The number of nitrogens with one attached hydrogen (secondary N) is 1. The van der Waals surface area contributed by atoms with E-state index < -0.39 is 0 Å². The van der Waals surface area contributed by atoms with Crippen LogP contribution in [0.25, 0.3) is 0 Å². The molecule has 148 valence electrons. The van der Waals surface area contributed by atoms with E-state index in [1.165, 1.54) is 5.56 Å². The summed E-state index contributed by atoms with van der Waals surface area (Å²) in [6, 6.07) is 8.47. The van der Waals surface area contributed by atoms with E-state index >= 15 is 0 Å². The van der Waals surface area contributed by atoms with Crippen LogP contribution in [0.5, 0.6) is 0 Å². The molecule has 0 aliphatic carbocycles. The summed E-state index contributed by atoms with van der Waals surface area (Å²) >= 11 is 7.01. The second-order valence-corrected chi connectivity index (χ2v) is 11.5. The summed E-state index contributed by atoms with van der Waals surface area (Å²) < 4.78 is 0.0797. The van der Waals surface area contributed by atoms with E-state index in [1.807, 2.05) is 11.8 Å². The van der Waals surface area contributed by atoms with E-state index in [1.54, 1.807) is 35.3 Å². The first-order valence-electron chi connectivity index (χ1n) is 9.21. The van der Waals surface area contributed by atoms with Crippen molar-refractivity contribution in [3.8, 4) is 0 Å². The minimum Gasteiger partial charge on any atom is -0.355 e. The lowest BCUT2D eigenvalue weighted by atomic mass is 10.2. The zero-order valence-electron chi connectivity index (χ0n) is 15.5. The Balaban J connectivity index is 1.40. The highest BCUT2D eigenvalue weighted by molar-refractivity contribution is 8.21. The molecule has 2 aliphatic rings. The molecule has 1 aromatic carbocycles. The molecular weight excluding hydrogens is 416 g/mol. The van der Waals surface area contributed by atoms with Crippen molar-refractivity contribution in [2.45, 2.75) is 28.9 Å². The molecule has 27 heavy (non-hydrogen) atoms. The number of carbonyl (C=O) groups excluding carboxylic acids is 2. The summed E-state index contributed by atoms with van der Waals surface area (Å²) in [6.45, 7) is 3.53. The van der Waals surface area contributed by atoms with Gasteiger partial charge in [-0.15, -0.1) is 35.3 Å². The van der Waals surface area contributed by atoms with E-state index in [-0.39, 0.29) is 22.4 Å². The molecule has 0 spiro atoms. The van der Waals surface area contributed by atoms with Gasteiger partial charge in [0.1, 0.15) is 4.58 Å². The number of hydrogen-bond acceptors (Lipinski definition) is 6. The van der Waals surface area contributed by atoms with Gasteiger partial charge in [-0.1, -0.05) is 17.7 Å². The fourth-order valence-electron chi connectivity index (χ4n) is 3.03. The lowest BCUT2D eigenvalue weighted by Crippen LogP contribution is -2.49. The van der Waals surface area contributed by atoms with Gasteiger partial charge in [0.05, 0.1) is 5.75 Å². The monoisotopic (exact) mass is 442 g/mol. The molecule has 2 aliphatic heterocycles. The van der Waals surface area contributed by atoms with Gasteiger partial charge in [-0.25, -0.2) is 0 Å². The molecule has 2 saturated heterocycles. The third-order valence-corrected chi connectivity index (χ3v) is 9.59. The molecule has 1 N–H and O–H groups in total. The summed E-state index contributed by atoms with van der Waals surface area (Å²) in [5.41, 5.74) is 1.22. The first-order chi connectivity index (χ1) is 13.1. The zero-order valence-corrected chi connectivity index (χ0v) is 18.8. The van der Waals surface area contributed by atoms with Crippen molar-refractivity contribution < 1.29 is 9.59 Å². The standard InChI is InChI=1S/C19H26N2O2S4/c1-14-2-4-16(5-3-14)27-13-17(22)20-7-6-15-12-24-9-8-21(15)18(23)19-25-10-11-26-19/h2-5,15,19H,6-13H2,1H3,(H,20,22). The van der Waals surface area contributed by atoms with Crippen molar-refractivity contribution in [3.05, 3.63) is 29.8 Å². The van der Waals surface area contributed by atoms with Crippen LogP contribution in [0.1, 0.15) is 12.0 Å². The molecular formula is C19H26N2O2S4. The number of hydrogen-bond donors (Lipinski definition) is 1. The van der Waals surface area contributed by atoms with Crippen LogP contribution in [-0.2, 0) is 9.59 Å². The smallest absolute Gasteiger partial charge is 0.246 e. The number of thioether (sulfide) groups is 4. The molecule has 1 unspecified atom stereocenters. The normalized spacial score (nSPS) is 20.6. The van der Waals surface area contributed by atoms with Gasteiger partial charge in [0.2, 0.25) is 11.8 Å².